The number of benzene rings is 1. The highest BCUT2D eigenvalue weighted by Gasteiger charge is 2.18. The van der Waals surface area contributed by atoms with Crippen molar-refractivity contribution in [2.24, 2.45) is 5.73 Å². The number of unbranched alkanes of at least 4 members (excludes halogenated alkanes) is 1. The van der Waals surface area contributed by atoms with Crippen LogP contribution >= 0.6 is 0 Å². The fourth-order valence-corrected chi connectivity index (χ4v) is 2.11. The van der Waals surface area contributed by atoms with Gasteiger partial charge in [0, 0.05) is 18.8 Å². The first-order valence-corrected chi connectivity index (χ1v) is 7.51. The van der Waals surface area contributed by atoms with Gasteiger partial charge in [-0.1, -0.05) is 38.5 Å². The van der Waals surface area contributed by atoms with Crippen molar-refractivity contribution < 1.29 is 4.79 Å². The van der Waals surface area contributed by atoms with Crippen LogP contribution in [-0.2, 0) is 4.79 Å². The molecule has 0 aliphatic rings. The summed E-state index contributed by atoms with van der Waals surface area (Å²) in [5.74, 6) is -0.282. The quantitative estimate of drug-likeness (QED) is 0.689. The van der Waals surface area contributed by atoms with Crippen molar-refractivity contribution in [3.63, 3.8) is 0 Å². The van der Waals surface area contributed by atoms with Crippen molar-refractivity contribution in [2.45, 2.75) is 39.2 Å². The maximum Gasteiger partial charge on any atom is 0.236 e. The predicted octanol–water partition coefficient (Wildman–Crippen LogP) is 2.15. The average Bonchev–Trinajstić information content (AvgIpc) is 2.47. The Morgan fingerprint density at radius 1 is 1.25 bits per heavy atom. The smallest absolute Gasteiger partial charge is 0.236 e. The van der Waals surface area contributed by atoms with Crippen LogP contribution in [0, 0.1) is 0 Å². The van der Waals surface area contributed by atoms with Gasteiger partial charge in [-0.05, 0) is 31.5 Å². The lowest BCUT2D eigenvalue weighted by molar-refractivity contribution is -0.119. The SMILES string of the molecule is CCCCN(CC(NCCC)C(N)=O)c1ccccc1. The van der Waals surface area contributed by atoms with Crippen LogP contribution in [0.4, 0.5) is 5.69 Å². The molecule has 1 aromatic carbocycles. The van der Waals surface area contributed by atoms with Crippen LogP contribution in [-0.4, -0.2) is 31.6 Å². The molecule has 1 aromatic rings. The van der Waals surface area contributed by atoms with E-state index in [1.54, 1.807) is 0 Å². The Balaban J connectivity index is 2.74. The Morgan fingerprint density at radius 2 is 1.95 bits per heavy atom. The largest absolute Gasteiger partial charge is 0.369 e. The third kappa shape index (κ3) is 5.61. The second kappa shape index (κ2) is 9.37. The van der Waals surface area contributed by atoms with E-state index >= 15 is 0 Å². The molecule has 3 N–H and O–H groups in total. The molecule has 4 nitrogen and oxygen atoms in total. The Labute approximate surface area is 122 Å². The normalized spacial score (nSPS) is 12.1. The number of carbonyl (C=O) groups excluding carboxylic acids is 1. The van der Waals surface area contributed by atoms with Crippen LogP contribution < -0.4 is 16.0 Å². The molecule has 0 bridgehead atoms. The Hall–Kier alpha value is -1.55. The molecule has 1 amide bonds. The number of hydrogen-bond acceptors (Lipinski definition) is 3. The van der Waals surface area contributed by atoms with Gasteiger partial charge in [0.1, 0.15) is 6.04 Å². The number of para-hydroxylation sites is 1. The Morgan fingerprint density at radius 3 is 2.50 bits per heavy atom. The van der Waals surface area contributed by atoms with Crippen LogP contribution in [0.15, 0.2) is 30.3 Å². The first-order chi connectivity index (χ1) is 9.69. The molecular weight excluding hydrogens is 250 g/mol. The molecule has 0 heterocycles. The molecule has 0 saturated carbocycles. The van der Waals surface area contributed by atoms with E-state index in [2.05, 4.69) is 36.2 Å². The Kier molecular flexibility index (Phi) is 7.73. The number of nitrogens with one attached hydrogen (secondary N) is 1. The van der Waals surface area contributed by atoms with Gasteiger partial charge in [0.2, 0.25) is 5.91 Å². The highest BCUT2D eigenvalue weighted by Crippen LogP contribution is 2.14. The monoisotopic (exact) mass is 277 g/mol. The minimum absolute atomic E-state index is 0.282. The molecular formula is C16H27N3O. The molecule has 112 valence electrons. The van der Waals surface area contributed by atoms with E-state index in [9.17, 15) is 4.79 Å². The molecule has 0 aliphatic carbocycles. The summed E-state index contributed by atoms with van der Waals surface area (Å²) < 4.78 is 0. The first kappa shape index (κ1) is 16.5. The summed E-state index contributed by atoms with van der Waals surface area (Å²) >= 11 is 0. The van der Waals surface area contributed by atoms with Crippen LogP contribution in [0.25, 0.3) is 0 Å². The Bertz CT molecular complexity index is 381. The number of rotatable bonds is 10. The summed E-state index contributed by atoms with van der Waals surface area (Å²) in [7, 11) is 0. The van der Waals surface area contributed by atoms with Gasteiger partial charge in [-0.25, -0.2) is 0 Å². The molecule has 20 heavy (non-hydrogen) atoms. The van der Waals surface area contributed by atoms with Crippen molar-refractivity contribution in [2.75, 3.05) is 24.5 Å². The second-order valence-electron chi connectivity index (χ2n) is 5.04. The summed E-state index contributed by atoms with van der Waals surface area (Å²) in [6, 6.07) is 9.90. The van der Waals surface area contributed by atoms with E-state index in [1.165, 1.54) is 0 Å². The van der Waals surface area contributed by atoms with Gasteiger partial charge >= 0.3 is 0 Å². The number of nitrogens with zero attached hydrogens (tertiary/aromatic N) is 1. The predicted molar refractivity (Wildman–Crippen MR) is 84.8 cm³/mol. The van der Waals surface area contributed by atoms with Gasteiger partial charge in [0.05, 0.1) is 0 Å². The lowest BCUT2D eigenvalue weighted by Gasteiger charge is -2.28. The number of primary amides is 1. The molecule has 4 heteroatoms. The first-order valence-electron chi connectivity index (χ1n) is 7.51. The number of nitrogens with two attached hydrogens (primary N) is 1. The molecule has 0 aliphatic heterocycles. The zero-order chi connectivity index (χ0) is 14.8. The number of anilines is 1. The van der Waals surface area contributed by atoms with E-state index in [1.807, 2.05) is 18.2 Å². The maximum atomic E-state index is 11.6. The third-order valence-corrected chi connectivity index (χ3v) is 3.29. The standard InChI is InChI=1S/C16H27N3O/c1-3-5-12-19(14-9-7-6-8-10-14)13-15(16(17)20)18-11-4-2/h6-10,15,18H,3-5,11-13H2,1-2H3,(H2,17,20). The van der Waals surface area contributed by atoms with Crippen molar-refractivity contribution in [3.05, 3.63) is 30.3 Å². The zero-order valence-corrected chi connectivity index (χ0v) is 12.6. The highest BCUT2D eigenvalue weighted by atomic mass is 16.1. The maximum absolute atomic E-state index is 11.6. The highest BCUT2D eigenvalue weighted by molar-refractivity contribution is 5.80. The lowest BCUT2D eigenvalue weighted by atomic mass is 10.2. The van der Waals surface area contributed by atoms with Crippen LogP contribution in [0.5, 0.6) is 0 Å². The summed E-state index contributed by atoms with van der Waals surface area (Å²) in [5.41, 5.74) is 6.65. The van der Waals surface area contributed by atoms with Gasteiger partial charge in [-0.2, -0.15) is 0 Å². The summed E-state index contributed by atoms with van der Waals surface area (Å²) in [4.78, 5) is 13.8. The van der Waals surface area contributed by atoms with Gasteiger partial charge < -0.3 is 16.0 Å². The fraction of sp³-hybridized carbons (Fsp3) is 0.562. The topological polar surface area (TPSA) is 58.4 Å². The minimum Gasteiger partial charge on any atom is -0.369 e. The summed E-state index contributed by atoms with van der Waals surface area (Å²) in [6.45, 7) is 6.63. The van der Waals surface area contributed by atoms with Gasteiger partial charge in [-0.3, -0.25) is 4.79 Å². The molecule has 0 saturated heterocycles. The number of carbonyl (C=O) groups is 1. The molecule has 1 unspecified atom stereocenters. The minimum atomic E-state index is -0.299. The average molecular weight is 277 g/mol. The number of amides is 1. The molecule has 0 spiro atoms. The number of hydrogen-bond donors (Lipinski definition) is 2. The molecule has 1 rings (SSSR count). The van der Waals surface area contributed by atoms with Gasteiger partial charge in [0.25, 0.3) is 0 Å². The van der Waals surface area contributed by atoms with Crippen LogP contribution in [0.2, 0.25) is 0 Å². The lowest BCUT2D eigenvalue weighted by Crippen LogP contribution is -2.49. The van der Waals surface area contributed by atoms with E-state index < -0.39 is 0 Å². The van der Waals surface area contributed by atoms with E-state index in [4.69, 9.17) is 5.73 Å². The van der Waals surface area contributed by atoms with Gasteiger partial charge in [-0.15, -0.1) is 0 Å². The van der Waals surface area contributed by atoms with Crippen molar-refractivity contribution >= 4 is 11.6 Å². The molecule has 0 fully saturated rings. The zero-order valence-electron chi connectivity index (χ0n) is 12.6. The molecule has 1 atom stereocenters. The molecule has 0 aromatic heterocycles. The fourth-order valence-electron chi connectivity index (χ4n) is 2.11. The third-order valence-electron chi connectivity index (χ3n) is 3.29. The summed E-state index contributed by atoms with van der Waals surface area (Å²) in [5, 5.41) is 3.23. The van der Waals surface area contributed by atoms with Crippen molar-refractivity contribution in [3.8, 4) is 0 Å². The molecule has 0 radical (unpaired) electrons. The second-order valence-corrected chi connectivity index (χ2v) is 5.04. The van der Waals surface area contributed by atoms with E-state index in [-0.39, 0.29) is 11.9 Å². The van der Waals surface area contributed by atoms with Crippen molar-refractivity contribution in [1.82, 2.24) is 5.32 Å². The van der Waals surface area contributed by atoms with E-state index in [0.717, 1.165) is 38.0 Å². The van der Waals surface area contributed by atoms with Crippen molar-refractivity contribution in [1.29, 1.82) is 0 Å². The van der Waals surface area contributed by atoms with E-state index in [0.29, 0.717) is 6.54 Å². The summed E-state index contributed by atoms with van der Waals surface area (Å²) in [6.07, 6.45) is 3.23. The van der Waals surface area contributed by atoms with Crippen LogP contribution in [0.1, 0.15) is 33.1 Å². The van der Waals surface area contributed by atoms with Gasteiger partial charge in [0.15, 0.2) is 0 Å². The van der Waals surface area contributed by atoms with Crippen LogP contribution in [0.3, 0.4) is 0 Å².